The third kappa shape index (κ3) is 4.12. The number of rotatable bonds is 5. The van der Waals surface area contributed by atoms with Crippen LogP contribution in [0.25, 0.3) is 0 Å². The molecule has 0 aliphatic carbocycles. The molecule has 2 aromatic rings. The van der Waals surface area contributed by atoms with Gasteiger partial charge in [0.1, 0.15) is 11.6 Å². The van der Waals surface area contributed by atoms with Crippen LogP contribution in [0.3, 0.4) is 0 Å². The van der Waals surface area contributed by atoms with E-state index in [2.05, 4.69) is 10.3 Å². The molecule has 118 valence electrons. The van der Waals surface area contributed by atoms with E-state index < -0.39 is 0 Å². The number of nitrogens with one attached hydrogen (secondary N) is 1. The third-order valence-corrected chi connectivity index (χ3v) is 4.28. The van der Waals surface area contributed by atoms with E-state index in [9.17, 15) is 4.79 Å². The number of carbonyl (C=O) groups excluding carboxylic acids is 1. The largest absolute Gasteiger partial charge is 0.368 e. The molecule has 0 fully saturated rings. The topological polar surface area (TPSA) is 41.5 Å². The van der Waals surface area contributed by atoms with Crippen LogP contribution in [0.4, 0.5) is 0 Å². The molecule has 1 N–H and O–H groups in total. The van der Waals surface area contributed by atoms with Crippen LogP contribution in [0.1, 0.15) is 16.7 Å². The van der Waals surface area contributed by atoms with E-state index >= 15 is 0 Å². The Morgan fingerprint density at radius 2 is 2.00 bits per heavy atom. The molecule has 0 amide bonds. The van der Waals surface area contributed by atoms with Crippen molar-refractivity contribution in [2.24, 2.45) is 4.99 Å². The number of halogens is 2. The van der Waals surface area contributed by atoms with Crippen molar-refractivity contribution in [3.63, 3.8) is 0 Å². The van der Waals surface area contributed by atoms with E-state index in [1.54, 1.807) is 18.2 Å². The molecule has 0 saturated heterocycles. The van der Waals surface area contributed by atoms with E-state index in [0.717, 1.165) is 35.6 Å². The summed E-state index contributed by atoms with van der Waals surface area (Å²) in [7, 11) is 0. The Labute approximate surface area is 145 Å². The highest BCUT2D eigenvalue weighted by Gasteiger charge is 2.12. The van der Waals surface area contributed by atoms with Gasteiger partial charge in [-0.1, -0.05) is 41.4 Å². The molecule has 0 unspecified atom stereocenters. The van der Waals surface area contributed by atoms with Crippen molar-refractivity contribution >= 4 is 34.8 Å². The summed E-state index contributed by atoms with van der Waals surface area (Å²) in [6, 6.07) is 13.1. The number of Topliss-reactive ketones (excluding diaryl/α,β-unsaturated/α-hetero) is 1. The van der Waals surface area contributed by atoms with Gasteiger partial charge in [-0.05, 0) is 35.4 Å². The predicted octanol–water partition coefficient (Wildman–Crippen LogP) is 3.70. The summed E-state index contributed by atoms with van der Waals surface area (Å²) in [6.07, 6.45) is 0.646. The fourth-order valence-electron chi connectivity index (χ4n) is 2.60. The number of nitrogens with zero attached hydrogens (tertiary/aromatic N) is 1. The normalized spacial score (nSPS) is 13.6. The van der Waals surface area contributed by atoms with Gasteiger partial charge >= 0.3 is 0 Å². The Bertz CT molecular complexity index is 771. The van der Waals surface area contributed by atoms with Gasteiger partial charge in [-0.2, -0.15) is 0 Å². The van der Waals surface area contributed by atoms with Gasteiger partial charge in [-0.15, -0.1) is 0 Å². The van der Waals surface area contributed by atoms with Crippen LogP contribution in [-0.2, 0) is 17.6 Å². The second-order valence-electron chi connectivity index (χ2n) is 5.49. The van der Waals surface area contributed by atoms with Gasteiger partial charge in [0, 0.05) is 35.0 Å². The molecule has 1 aliphatic rings. The maximum atomic E-state index is 12.3. The molecule has 1 aliphatic heterocycles. The summed E-state index contributed by atoms with van der Waals surface area (Å²) in [4.78, 5) is 16.7. The van der Waals surface area contributed by atoms with Crippen molar-refractivity contribution in [3.8, 4) is 0 Å². The van der Waals surface area contributed by atoms with Crippen molar-refractivity contribution in [1.82, 2.24) is 5.32 Å². The van der Waals surface area contributed by atoms with E-state index in [0.29, 0.717) is 16.5 Å². The number of hydrogen-bond donors (Lipinski definition) is 1. The number of aliphatic imine (C=N–C) groups is 1. The molecule has 5 heteroatoms. The van der Waals surface area contributed by atoms with E-state index in [4.69, 9.17) is 23.2 Å². The van der Waals surface area contributed by atoms with Crippen molar-refractivity contribution in [2.45, 2.75) is 12.8 Å². The van der Waals surface area contributed by atoms with Gasteiger partial charge in [-0.25, -0.2) is 0 Å². The zero-order valence-electron chi connectivity index (χ0n) is 12.5. The number of carbonyl (C=O) groups is 1. The number of benzene rings is 2. The summed E-state index contributed by atoms with van der Waals surface area (Å²) in [5.74, 6) is 1.00. The molecular weight excluding hydrogens is 331 g/mol. The summed E-state index contributed by atoms with van der Waals surface area (Å²) in [6.45, 7) is 1.66. The van der Waals surface area contributed by atoms with E-state index in [1.807, 2.05) is 24.3 Å². The average Bonchev–Trinajstić information content (AvgIpc) is 3.05. The van der Waals surface area contributed by atoms with Crippen molar-refractivity contribution in [3.05, 3.63) is 69.2 Å². The maximum Gasteiger partial charge on any atom is 0.141 e. The highest BCUT2D eigenvalue weighted by molar-refractivity contribution is 6.33. The van der Waals surface area contributed by atoms with Gasteiger partial charge < -0.3 is 5.32 Å². The molecule has 0 spiro atoms. The molecule has 0 saturated carbocycles. The van der Waals surface area contributed by atoms with E-state index in [1.165, 1.54) is 0 Å². The molecular formula is C18H16Cl2N2O. The SMILES string of the molecule is O=C(Cc1cccc(C2=NCCN2)c1)Cc1cc(Cl)ccc1Cl. The highest BCUT2D eigenvalue weighted by atomic mass is 35.5. The van der Waals surface area contributed by atoms with Crippen molar-refractivity contribution < 1.29 is 4.79 Å². The lowest BCUT2D eigenvalue weighted by Crippen LogP contribution is -2.19. The summed E-state index contributed by atoms with van der Waals surface area (Å²) in [5, 5.41) is 4.40. The quantitative estimate of drug-likeness (QED) is 0.896. The lowest BCUT2D eigenvalue weighted by Gasteiger charge is -2.07. The van der Waals surface area contributed by atoms with Crippen LogP contribution in [-0.4, -0.2) is 24.7 Å². The Hall–Kier alpha value is -1.84. The van der Waals surface area contributed by atoms with Gasteiger partial charge in [0.25, 0.3) is 0 Å². The van der Waals surface area contributed by atoms with Crippen LogP contribution >= 0.6 is 23.2 Å². The third-order valence-electron chi connectivity index (χ3n) is 3.67. The van der Waals surface area contributed by atoms with Gasteiger partial charge in [0.15, 0.2) is 0 Å². The fraction of sp³-hybridized carbons (Fsp3) is 0.222. The van der Waals surface area contributed by atoms with Crippen LogP contribution in [0.2, 0.25) is 10.0 Å². The molecule has 3 nitrogen and oxygen atoms in total. The lowest BCUT2D eigenvalue weighted by molar-refractivity contribution is -0.117. The predicted molar refractivity (Wildman–Crippen MR) is 94.7 cm³/mol. The summed E-state index contributed by atoms with van der Waals surface area (Å²) < 4.78 is 0. The summed E-state index contributed by atoms with van der Waals surface area (Å²) in [5.41, 5.74) is 2.76. The minimum Gasteiger partial charge on any atom is -0.368 e. The first-order chi connectivity index (χ1) is 11.1. The van der Waals surface area contributed by atoms with Crippen molar-refractivity contribution in [2.75, 3.05) is 13.1 Å². The smallest absolute Gasteiger partial charge is 0.141 e. The molecule has 0 atom stereocenters. The molecule has 23 heavy (non-hydrogen) atoms. The number of amidine groups is 1. The number of ketones is 1. The zero-order chi connectivity index (χ0) is 16.2. The van der Waals surface area contributed by atoms with Gasteiger partial charge in [-0.3, -0.25) is 9.79 Å². The summed E-state index contributed by atoms with van der Waals surface area (Å²) >= 11 is 12.1. The standard InChI is InChI=1S/C18H16Cl2N2O/c19-15-4-5-17(20)14(10-15)11-16(23)9-12-2-1-3-13(8-12)18-21-6-7-22-18/h1-5,8,10H,6-7,9,11H2,(H,21,22). The Kier molecular flexibility index (Phi) is 4.99. The first-order valence-corrected chi connectivity index (χ1v) is 8.21. The minimum atomic E-state index is 0.104. The Morgan fingerprint density at radius 1 is 1.13 bits per heavy atom. The molecule has 3 rings (SSSR count). The minimum absolute atomic E-state index is 0.104. The molecule has 1 heterocycles. The van der Waals surface area contributed by atoms with Crippen LogP contribution in [0.5, 0.6) is 0 Å². The molecule has 2 aromatic carbocycles. The van der Waals surface area contributed by atoms with Crippen LogP contribution < -0.4 is 5.32 Å². The second kappa shape index (κ2) is 7.16. The van der Waals surface area contributed by atoms with Crippen molar-refractivity contribution in [1.29, 1.82) is 0 Å². The van der Waals surface area contributed by atoms with Crippen LogP contribution in [0, 0.1) is 0 Å². The van der Waals surface area contributed by atoms with Gasteiger partial charge in [0.2, 0.25) is 0 Å². The molecule has 0 bridgehead atoms. The zero-order valence-corrected chi connectivity index (χ0v) is 14.0. The second-order valence-corrected chi connectivity index (χ2v) is 6.33. The van der Waals surface area contributed by atoms with Crippen LogP contribution in [0.15, 0.2) is 47.5 Å². The highest BCUT2D eigenvalue weighted by Crippen LogP contribution is 2.21. The first kappa shape index (κ1) is 16.0. The fourth-order valence-corrected chi connectivity index (χ4v) is 2.98. The Morgan fingerprint density at radius 3 is 2.78 bits per heavy atom. The molecule has 0 aromatic heterocycles. The lowest BCUT2D eigenvalue weighted by atomic mass is 10.0. The monoisotopic (exact) mass is 346 g/mol. The maximum absolute atomic E-state index is 12.3. The van der Waals surface area contributed by atoms with Gasteiger partial charge in [0.05, 0.1) is 6.54 Å². The Balaban J connectivity index is 1.70. The average molecular weight is 347 g/mol. The molecule has 0 radical (unpaired) electrons. The first-order valence-electron chi connectivity index (χ1n) is 7.45. The number of hydrogen-bond acceptors (Lipinski definition) is 3. The van der Waals surface area contributed by atoms with E-state index in [-0.39, 0.29) is 12.2 Å².